The van der Waals surface area contributed by atoms with Crippen LogP contribution in [0.4, 0.5) is 0 Å². The highest BCUT2D eigenvalue weighted by Gasteiger charge is 2.19. The second-order valence-electron chi connectivity index (χ2n) is 4.41. The fourth-order valence-corrected chi connectivity index (χ4v) is 2.20. The van der Waals surface area contributed by atoms with Gasteiger partial charge < -0.3 is 10.1 Å². The molecule has 0 aliphatic carbocycles. The molecule has 2 nitrogen and oxygen atoms in total. The Balaban J connectivity index is 2.07. The maximum atomic E-state index is 5.16. The van der Waals surface area contributed by atoms with Crippen molar-refractivity contribution in [2.45, 2.75) is 25.8 Å². The van der Waals surface area contributed by atoms with Crippen molar-refractivity contribution >= 4 is 0 Å². The van der Waals surface area contributed by atoms with Gasteiger partial charge in [-0.3, -0.25) is 0 Å². The molecule has 1 aliphatic rings. The highest BCUT2D eigenvalue weighted by molar-refractivity contribution is 5.29. The summed E-state index contributed by atoms with van der Waals surface area (Å²) in [5, 5.41) is 3.56. The quantitative estimate of drug-likeness (QED) is 0.801. The van der Waals surface area contributed by atoms with Gasteiger partial charge in [-0.25, -0.2) is 0 Å². The summed E-state index contributed by atoms with van der Waals surface area (Å²) < 4.78 is 5.16. The normalized spacial score (nSPS) is 26.3. The van der Waals surface area contributed by atoms with E-state index >= 15 is 0 Å². The SMILES string of the molecule is COc1ccc(C2CC(C)CCN2)cc1. The van der Waals surface area contributed by atoms with Crippen LogP contribution < -0.4 is 10.1 Å². The van der Waals surface area contributed by atoms with Crippen LogP contribution in [0, 0.1) is 5.92 Å². The standard InChI is InChI=1S/C13H19NO/c1-10-7-8-14-13(9-10)11-3-5-12(15-2)6-4-11/h3-6,10,13-14H,7-9H2,1-2H3. The van der Waals surface area contributed by atoms with Crippen molar-refractivity contribution in [1.82, 2.24) is 5.32 Å². The van der Waals surface area contributed by atoms with Crippen molar-refractivity contribution in [2.24, 2.45) is 5.92 Å². The molecule has 2 heteroatoms. The van der Waals surface area contributed by atoms with Crippen LogP contribution in [-0.4, -0.2) is 13.7 Å². The van der Waals surface area contributed by atoms with Crippen molar-refractivity contribution in [2.75, 3.05) is 13.7 Å². The van der Waals surface area contributed by atoms with E-state index in [4.69, 9.17) is 4.74 Å². The van der Waals surface area contributed by atoms with Crippen LogP contribution in [0.1, 0.15) is 31.4 Å². The monoisotopic (exact) mass is 205 g/mol. The van der Waals surface area contributed by atoms with Gasteiger partial charge in [0.05, 0.1) is 7.11 Å². The molecule has 0 amide bonds. The molecule has 1 heterocycles. The Labute approximate surface area is 91.6 Å². The van der Waals surface area contributed by atoms with Gasteiger partial charge in [0.25, 0.3) is 0 Å². The molecule has 1 aromatic carbocycles. The Morgan fingerprint density at radius 2 is 2.00 bits per heavy atom. The highest BCUT2D eigenvalue weighted by atomic mass is 16.5. The van der Waals surface area contributed by atoms with E-state index in [1.54, 1.807) is 7.11 Å². The van der Waals surface area contributed by atoms with Gasteiger partial charge in [-0.1, -0.05) is 19.1 Å². The zero-order valence-corrected chi connectivity index (χ0v) is 9.49. The fraction of sp³-hybridized carbons (Fsp3) is 0.538. The second kappa shape index (κ2) is 4.67. The third-order valence-electron chi connectivity index (χ3n) is 3.18. The van der Waals surface area contributed by atoms with Crippen LogP contribution in [0.3, 0.4) is 0 Å². The molecule has 1 fully saturated rings. The molecule has 0 bridgehead atoms. The van der Waals surface area contributed by atoms with E-state index in [2.05, 4.69) is 24.4 Å². The first kappa shape index (κ1) is 10.5. The summed E-state index contributed by atoms with van der Waals surface area (Å²) in [6.07, 6.45) is 2.54. The van der Waals surface area contributed by atoms with Crippen molar-refractivity contribution in [3.05, 3.63) is 29.8 Å². The van der Waals surface area contributed by atoms with Crippen molar-refractivity contribution in [3.63, 3.8) is 0 Å². The number of ether oxygens (including phenoxy) is 1. The summed E-state index contributed by atoms with van der Waals surface area (Å²) >= 11 is 0. The number of nitrogens with one attached hydrogen (secondary N) is 1. The molecular weight excluding hydrogens is 186 g/mol. The summed E-state index contributed by atoms with van der Waals surface area (Å²) in [4.78, 5) is 0. The molecule has 2 atom stereocenters. The zero-order chi connectivity index (χ0) is 10.7. The van der Waals surface area contributed by atoms with Crippen molar-refractivity contribution < 1.29 is 4.74 Å². The molecule has 0 radical (unpaired) electrons. The minimum absolute atomic E-state index is 0.527. The van der Waals surface area contributed by atoms with Gasteiger partial charge in [-0.2, -0.15) is 0 Å². The molecule has 1 N–H and O–H groups in total. The Kier molecular flexibility index (Phi) is 3.27. The van der Waals surface area contributed by atoms with Gasteiger partial charge in [0.15, 0.2) is 0 Å². The zero-order valence-electron chi connectivity index (χ0n) is 9.49. The number of methoxy groups -OCH3 is 1. The molecule has 15 heavy (non-hydrogen) atoms. The van der Waals surface area contributed by atoms with E-state index in [0.717, 1.165) is 18.2 Å². The largest absolute Gasteiger partial charge is 0.497 e. The van der Waals surface area contributed by atoms with Gasteiger partial charge in [0, 0.05) is 6.04 Å². The lowest BCUT2D eigenvalue weighted by atomic mass is 9.90. The predicted molar refractivity (Wildman–Crippen MR) is 62.1 cm³/mol. The van der Waals surface area contributed by atoms with Crippen LogP contribution in [0.15, 0.2) is 24.3 Å². The smallest absolute Gasteiger partial charge is 0.118 e. The van der Waals surface area contributed by atoms with E-state index < -0.39 is 0 Å². The molecule has 2 rings (SSSR count). The lowest BCUT2D eigenvalue weighted by molar-refractivity contribution is 0.325. The molecule has 1 aromatic rings. The molecule has 0 aromatic heterocycles. The number of rotatable bonds is 2. The second-order valence-corrected chi connectivity index (χ2v) is 4.41. The lowest BCUT2D eigenvalue weighted by Gasteiger charge is -2.28. The summed E-state index contributed by atoms with van der Waals surface area (Å²) in [6.45, 7) is 3.47. The van der Waals surface area contributed by atoms with Gasteiger partial charge in [0.2, 0.25) is 0 Å². The summed E-state index contributed by atoms with van der Waals surface area (Å²) in [5.41, 5.74) is 1.38. The first-order valence-electron chi connectivity index (χ1n) is 5.67. The summed E-state index contributed by atoms with van der Waals surface area (Å²) in [5.74, 6) is 1.76. The Bertz CT molecular complexity index is 307. The lowest BCUT2D eigenvalue weighted by Crippen LogP contribution is -2.30. The van der Waals surface area contributed by atoms with Crippen molar-refractivity contribution in [3.8, 4) is 5.75 Å². The number of hydrogen-bond acceptors (Lipinski definition) is 2. The van der Waals surface area contributed by atoms with Crippen molar-refractivity contribution in [1.29, 1.82) is 0 Å². The minimum Gasteiger partial charge on any atom is -0.497 e. The Hall–Kier alpha value is -1.02. The van der Waals surface area contributed by atoms with E-state index in [9.17, 15) is 0 Å². The maximum absolute atomic E-state index is 5.16. The third kappa shape index (κ3) is 2.51. The van der Waals surface area contributed by atoms with E-state index in [1.165, 1.54) is 18.4 Å². The molecule has 2 unspecified atom stereocenters. The maximum Gasteiger partial charge on any atom is 0.118 e. The van der Waals surface area contributed by atoms with Gasteiger partial charge in [-0.15, -0.1) is 0 Å². The molecule has 82 valence electrons. The Morgan fingerprint density at radius 1 is 1.27 bits per heavy atom. The summed E-state index contributed by atoms with van der Waals surface area (Å²) in [6, 6.07) is 8.93. The molecule has 1 aliphatic heterocycles. The number of piperidine rings is 1. The van der Waals surface area contributed by atoms with E-state index in [1.807, 2.05) is 12.1 Å². The van der Waals surface area contributed by atoms with Crippen LogP contribution >= 0.6 is 0 Å². The predicted octanol–water partition coefficient (Wildman–Crippen LogP) is 2.76. The van der Waals surface area contributed by atoms with Crippen LogP contribution in [0.2, 0.25) is 0 Å². The average Bonchev–Trinajstić information content (AvgIpc) is 2.29. The number of benzene rings is 1. The van der Waals surface area contributed by atoms with Crippen LogP contribution in [0.5, 0.6) is 5.75 Å². The van der Waals surface area contributed by atoms with Gasteiger partial charge in [-0.05, 0) is 43.0 Å². The molecule has 1 saturated heterocycles. The number of hydrogen-bond donors (Lipinski definition) is 1. The average molecular weight is 205 g/mol. The molecule has 0 saturated carbocycles. The van der Waals surface area contributed by atoms with Crippen LogP contribution in [-0.2, 0) is 0 Å². The topological polar surface area (TPSA) is 21.3 Å². The third-order valence-corrected chi connectivity index (χ3v) is 3.18. The van der Waals surface area contributed by atoms with Gasteiger partial charge in [0.1, 0.15) is 5.75 Å². The first-order chi connectivity index (χ1) is 7.29. The van der Waals surface area contributed by atoms with Crippen LogP contribution in [0.25, 0.3) is 0 Å². The minimum atomic E-state index is 0.527. The first-order valence-corrected chi connectivity index (χ1v) is 5.67. The van der Waals surface area contributed by atoms with E-state index in [-0.39, 0.29) is 0 Å². The Morgan fingerprint density at radius 3 is 2.60 bits per heavy atom. The fourth-order valence-electron chi connectivity index (χ4n) is 2.20. The van der Waals surface area contributed by atoms with Gasteiger partial charge >= 0.3 is 0 Å². The molecule has 0 spiro atoms. The summed E-state index contributed by atoms with van der Waals surface area (Å²) in [7, 11) is 1.70. The highest BCUT2D eigenvalue weighted by Crippen LogP contribution is 2.27. The molecular formula is C13H19NO. The van der Waals surface area contributed by atoms with E-state index in [0.29, 0.717) is 6.04 Å².